The molecule has 0 aromatic heterocycles. The molecule has 1 amide bonds. The van der Waals surface area contributed by atoms with Gasteiger partial charge < -0.3 is 10.1 Å². The summed E-state index contributed by atoms with van der Waals surface area (Å²) in [5, 5.41) is 3.50. The smallest absolute Gasteiger partial charge is 0.264 e. The van der Waals surface area contributed by atoms with Gasteiger partial charge in [-0.25, -0.2) is 8.42 Å². The van der Waals surface area contributed by atoms with Crippen molar-refractivity contribution >= 4 is 33.2 Å². The molecule has 8 heteroatoms. The number of nitrogens with zero attached hydrogens (tertiary/aromatic N) is 1. The van der Waals surface area contributed by atoms with E-state index in [0.29, 0.717) is 16.3 Å². The highest BCUT2D eigenvalue weighted by molar-refractivity contribution is 7.92. The average Bonchev–Trinajstić information content (AvgIpc) is 2.83. The monoisotopic (exact) mass is 514 g/mol. The number of rotatable bonds is 8. The van der Waals surface area contributed by atoms with E-state index < -0.39 is 10.0 Å². The fourth-order valence-corrected chi connectivity index (χ4v) is 5.22. The maximum absolute atomic E-state index is 12.9. The van der Waals surface area contributed by atoms with Crippen LogP contribution in [0.1, 0.15) is 59.8 Å². The predicted molar refractivity (Wildman–Crippen MR) is 141 cm³/mol. The number of benzene rings is 3. The molecule has 6 nitrogen and oxygen atoms in total. The summed E-state index contributed by atoms with van der Waals surface area (Å²) in [4.78, 5) is 13.1. The first-order chi connectivity index (χ1) is 16.4. The Morgan fingerprint density at radius 3 is 2.11 bits per heavy atom. The Morgan fingerprint density at radius 2 is 1.57 bits per heavy atom. The highest BCUT2D eigenvalue weighted by atomic mass is 35.5. The molecule has 1 atom stereocenters. The van der Waals surface area contributed by atoms with Gasteiger partial charge in [0.2, 0.25) is 0 Å². The Kier molecular flexibility index (Phi) is 8.13. The second kappa shape index (κ2) is 10.7. The number of carbonyl (C=O) groups excluding carboxylic acids is 1. The summed E-state index contributed by atoms with van der Waals surface area (Å²) in [5.74, 6) is 0.877. The molecule has 186 valence electrons. The highest BCUT2D eigenvalue weighted by Gasteiger charge is 2.22. The first-order valence-corrected chi connectivity index (χ1v) is 13.1. The van der Waals surface area contributed by atoms with E-state index in [0.717, 1.165) is 22.4 Å². The van der Waals surface area contributed by atoms with Gasteiger partial charge in [0, 0.05) is 17.6 Å². The van der Waals surface area contributed by atoms with E-state index in [4.69, 9.17) is 16.3 Å². The SMILES string of the molecule is COc1cc(C)c(C(C)NC(=O)c2ccc(N(C)S(=O)(=O)c3ccc(Cl)cc3)cc2)cc1C(C)C. The standard InChI is InChI=1S/C27H31ClN2O4S/c1-17(2)24-16-25(18(3)15-26(24)34-6)19(4)29-27(31)20-7-11-22(12-8-20)30(5)35(32,33)23-13-9-21(28)10-14-23/h7-17,19H,1-6H3,(H,29,31). The lowest BCUT2D eigenvalue weighted by atomic mass is 9.93. The van der Waals surface area contributed by atoms with Crippen molar-refractivity contribution in [3.05, 3.63) is 87.9 Å². The predicted octanol–water partition coefficient (Wildman–Crippen LogP) is 6.10. The largest absolute Gasteiger partial charge is 0.496 e. The Labute approximate surface area is 212 Å². The van der Waals surface area contributed by atoms with Crippen LogP contribution in [0.25, 0.3) is 0 Å². The minimum Gasteiger partial charge on any atom is -0.496 e. The van der Waals surface area contributed by atoms with E-state index in [9.17, 15) is 13.2 Å². The van der Waals surface area contributed by atoms with Crippen molar-refractivity contribution in [2.45, 2.75) is 44.6 Å². The summed E-state index contributed by atoms with van der Waals surface area (Å²) >= 11 is 5.87. The number of carbonyl (C=O) groups is 1. The van der Waals surface area contributed by atoms with Gasteiger partial charge >= 0.3 is 0 Å². The van der Waals surface area contributed by atoms with Crippen LogP contribution in [0.15, 0.2) is 65.6 Å². The lowest BCUT2D eigenvalue weighted by molar-refractivity contribution is 0.0940. The molecular formula is C27H31ClN2O4S. The van der Waals surface area contributed by atoms with Gasteiger partial charge in [0.1, 0.15) is 5.75 Å². The summed E-state index contributed by atoms with van der Waals surface area (Å²) in [7, 11) is -0.623. The summed E-state index contributed by atoms with van der Waals surface area (Å²) in [6, 6.07) is 16.3. The van der Waals surface area contributed by atoms with Crippen LogP contribution in [-0.4, -0.2) is 28.5 Å². The van der Waals surface area contributed by atoms with E-state index >= 15 is 0 Å². The number of nitrogens with one attached hydrogen (secondary N) is 1. The summed E-state index contributed by atoms with van der Waals surface area (Å²) in [6.07, 6.45) is 0. The molecule has 0 spiro atoms. The van der Waals surface area contributed by atoms with E-state index in [-0.39, 0.29) is 22.8 Å². The molecule has 0 radical (unpaired) electrons. The molecule has 3 aromatic rings. The molecule has 0 saturated heterocycles. The second-order valence-corrected chi connectivity index (χ2v) is 11.2. The molecule has 3 rings (SSSR count). The maximum atomic E-state index is 12.9. The number of sulfonamides is 1. The molecular weight excluding hydrogens is 484 g/mol. The first-order valence-electron chi connectivity index (χ1n) is 11.3. The average molecular weight is 515 g/mol. The van der Waals surface area contributed by atoms with Gasteiger partial charge in [-0.3, -0.25) is 9.10 Å². The van der Waals surface area contributed by atoms with Crippen LogP contribution < -0.4 is 14.4 Å². The van der Waals surface area contributed by atoms with Gasteiger partial charge in [-0.1, -0.05) is 25.4 Å². The van der Waals surface area contributed by atoms with E-state index in [1.807, 2.05) is 19.9 Å². The first kappa shape index (κ1) is 26.6. The highest BCUT2D eigenvalue weighted by Crippen LogP contribution is 2.32. The zero-order valence-corrected chi connectivity index (χ0v) is 22.4. The topological polar surface area (TPSA) is 75.7 Å². The Bertz CT molecular complexity index is 1300. The number of hydrogen-bond acceptors (Lipinski definition) is 4. The number of methoxy groups -OCH3 is 1. The summed E-state index contributed by atoms with van der Waals surface area (Å²) in [5.41, 5.74) is 4.02. The Hall–Kier alpha value is -3.03. The molecule has 35 heavy (non-hydrogen) atoms. The number of aryl methyl sites for hydroxylation is 1. The molecule has 0 fully saturated rings. The molecule has 0 saturated carbocycles. The molecule has 0 aliphatic rings. The minimum absolute atomic E-state index is 0.135. The van der Waals surface area contributed by atoms with E-state index in [1.54, 1.807) is 31.4 Å². The number of amides is 1. The number of halogens is 1. The molecule has 0 aliphatic heterocycles. The van der Waals surface area contributed by atoms with Crippen LogP contribution in [0.5, 0.6) is 5.75 Å². The van der Waals surface area contributed by atoms with Gasteiger partial charge in [0.25, 0.3) is 15.9 Å². The normalized spacial score (nSPS) is 12.3. The zero-order chi connectivity index (χ0) is 25.9. The fourth-order valence-electron chi connectivity index (χ4n) is 3.89. The number of hydrogen-bond donors (Lipinski definition) is 1. The van der Waals surface area contributed by atoms with Crippen molar-refractivity contribution in [2.75, 3.05) is 18.5 Å². The number of anilines is 1. The van der Waals surface area contributed by atoms with Crippen molar-refractivity contribution < 1.29 is 17.9 Å². The fraction of sp³-hybridized carbons (Fsp3) is 0.296. The minimum atomic E-state index is -3.75. The maximum Gasteiger partial charge on any atom is 0.264 e. The second-order valence-electron chi connectivity index (χ2n) is 8.77. The van der Waals surface area contributed by atoms with Crippen LogP contribution >= 0.6 is 11.6 Å². The molecule has 0 heterocycles. The van der Waals surface area contributed by atoms with Gasteiger partial charge in [-0.15, -0.1) is 0 Å². The summed E-state index contributed by atoms with van der Waals surface area (Å²) < 4.78 is 32.5. The molecule has 1 unspecified atom stereocenters. The van der Waals surface area contributed by atoms with Crippen LogP contribution in [0.2, 0.25) is 5.02 Å². The quantitative estimate of drug-likeness (QED) is 0.394. The van der Waals surface area contributed by atoms with Gasteiger partial charge in [0.15, 0.2) is 0 Å². The van der Waals surface area contributed by atoms with Crippen LogP contribution in [0, 0.1) is 6.92 Å². The third-order valence-electron chi connectivity index (χ3n) is 6.02. The van der Waals surface area contributed by atoms with Crippen LogP contribution in [0.4, 0.5) is 5.69 Å². The summed E-state index contributed by atoms with van der Waals surface area (Å²) in [6.45, 7) is 8.14. The lowest BCUT2D eigenvalue weighted by Gasteiger charge is -2.22. The van der Waals surface area contributed by atoms with Gasteiger partial charge in [0.05, 0.1) is 23.7 Å². The van der Waals surface area contributed by atoms with Crippen molar-refractivity contribution in [1.82, 2.24) is 5.32 Å². The van der Waals surface area contributed by atoms with Crippen LogP contribution in [0.3, 0.4) is 0 Å². The Morgan fingerprint density at radius 1 is 0.971 bits per heavy atom. The third-order valence-corrected chi connectivity index (χ3v) is 8.07. The zero-order valence-electron chi connectivity index (χ0n) is 20.8. The van der Waals surface area contributed by atoms with Gasteiger partial charge in [-0.05, 0) is 97.1 Å². The molecule has 1 N–H and O–H groups in total. The van der Waals surface area contributed by atoms with E-state index in [1.165, 1.54) is 35.6 Å². The molecule has 0 aliphatic carbocycles. The van der Waals surface area contributed by atoms with Crippen molar-refractivity contribution in [1.29, 1.82) is 0 Å². The number of ether oxygens (including phenoxy) is 1. The van der Waals surface area contributed by atoms with Crippen molar-refractivity contribution in [3.63, 3.8) is 0 Å². The van der Waals surface area contributed by atoms with E-state index in [2.05, 4.69) is 25.2 Å². The van der Waals surface area contributed by atoms with Gasteiger partial charge in [-0.2, -0.15) is 0 Å². The van der Waals surface area contributed by atoms with Crippen molar-refractivity contribution in [3.8, 4) is 5.75 Å². The van der Waals surface area contributed by atoms with Crippen molar-refractivity contribution in [2.24, 2.45) is 0 Å². The molecule has 0 bridgehead atoms. The van der Waals surface area contributed by atoms with Crippen LogP contribution in [-0.2, 0) is 10.0 Å². The molecule has 3 aromatic carbocycles. The Balaban J connectivity index is 1.77. The third kappa shape index (κ3) is 5.80. The lowest BCUT2D eigenvalue weighted by Crippen LogP contribution is -2.28.